The van der Waals surface area contributed by atoms with Gasteiger partial charge in [0, 0.05) is 17.7 Å². The van der Waals surface area contributed by atoms with Crippen LogP contribution in [0.2, 0.25) is 0 Å². The molecule has 1 heterocycles. The molecule has 1 unspecified atom stereocenters. The molecule has 0 radical (unpaired) electrons. The third kappa shape index (κ3) is 4.82. The topological polar surface area (TPSA) is 67.4 Å². The molecule has 2 aliphatic rings. The van der Waals surface area contributed by atoms with E-state index in [1.165, 1.54) is 0 Å². The maximum Gasteiger partial charge on any atom is 0.308 e. The Balaban J connectivity index is 0.00000200. The van der Waals surface area contributed by atoms with E-state index in [9.17, 15) is 9.59 Å². The van der Waals surface area contributed by atoms with Crippen molar-refractivity contribution in [2.75, 3.05) is 18.2 Å². The number of esters is 1. The van der Waals surface area contributed by atoms with Crippen LogP contribution in [0.5, 0.6) is 0 Å². The fourth-order valence-corrected chi connectivity index (χ4v) is 3.54. The Hall–Kier alpha value is -0.460. The quantitative estimate of drug-likeness (QED) is 0.764. The number of amides is 1. The number of carbonyl (C=O) groups excluding carboxylic acids is 2. The van der Waals surface area contributed by atoms with Gasteiger partial charge in [0.1, 0.15) is 0 Å². The average molecular weight is 323 g/mol. The van der Waals surface area contributed by atoms with Crippen molar-refractivity contribution in [2.45, 2.75) is 44.7 Å². The fourth-order valence-electron chi connectivity index (χ4n) is 2.60. The summed E-state index contributed by atoms with van der Waals surface area (Å²) in [4.78, 5) is 23.6. The number of thioether (sulfide) groups is 1. The summed E-state index contributed by atoms with van der Waals surface area (Å²) in [6.07, 6.45) is 3.37. The van der Waals surface area contributed by atoms with Gasteiger partial charge < -0.3 is 10.1 Å². The van der Waals surface area contributed by atoms with Crippen molar-refractivity contribution >= 4 is 36.0 Å². The summed E-state index contributed by atoms with van der Waals surface area (Å²) in [7, 11) is 0. The second kappa shape index (κ2) is 8.74. The highest BCUT2D eigenvalue weighted by Gasteiger charge is 2.30. The lowest BCUT2D eigenvalue weighted by Crippen LogP contribution is -2.47. The summed E-state index contributed by atoms with van der Waals surface area (Å²) in [5.74, 6) is 1.75. The summed E-state index contributed by atoms with van der Waals surface area (Å²) in [5.41, 5.74) is 0. The molecule has 1 aliphatic carbocycles. The maximum absolute atomic E-state index is 12.0. The fraction of sp³-hybridized carbons (Fsp3) is 0.846. The van der Waals surface area contributed by atoms with Gasteiger partial charge in [0.25, 0.3) is 0 Å². The third-order valence-corrected chi connectivity index (χ3v) is 4.67. The molecule has 1 saturated carbocycles. The zero-order valence-corrected chi connectivity index (χ0v) is 13.4. The van der Waals surface area contributed by atoms with Gasteiger partial charge in [-0.05, 0) is 32.6 Å². The first-order valence-electron chi connectivity index (χ1n) is 6.99. The highest BCUT2D eigenvalue weighted by molar-refractivity contribution is 7.99. The Morgan fingerprint density at radius 1 is 1.30 bits per heavy atom. The third-order valence-electron chi connectivity index (χ3n) is 3.73. The van der Waals surface area contributed by atoms with Gasteiger partial charge >= 0.3 is 5.97 Å². The van der Waals surface area contributed by atoms with Crippen molar-refractivity contribution in [3.05, 3.63) is 0 Å². The SMILES string of the molecule is CCOC(=O)C1CCC(NC(=O)C2CSCN2)CC1.Cl. The van der Waals surface area contributed by atoms with Crippen molar-refractivity contribution in [3.8, 4) is 0 Å². The number of ether oxygens (including phenoxy) is 1. The summed E-state index contributed by atoms with van der Waals surface area (Å²) < 4.78 is 5.04. The molecule has 0 bridgehead atoms. The van der Waals surface area contributed by atoms with Crippen LogP contribution in [0.25, 0.3) is 0 Å². The summed E-state index contributed by atoms with van der Waals surface area (Å²) in [6, 6.07) is 0.165. The number of hydrogen-bond acceptors (Lipinski definition) is 5. The molecular weight excluding hydrogens is 300 g/mol. The minimum atomic E-state index is -0.0823. The molecule has 2 rings (SSSR count). The molecule has 0 aromatic rings. The molecule has 5 nitrogen and oxygen atoms in total. The molecule has 0 spiro atoms. The Morgan fingerprint density at radius 3 is 2.55 bits per heavy atom. The number of halogens is 1. The highest BCUT2D eigenvalue weighted by Crippen LogP contribution is 2.25. The molecule has 116 valence electrons. The Labute approximate surface area is 130 Å². The predicted molar refractivity (Wildman–Crippen MR) is 82.0 cm³/mol. The molecule has 2 N–H and O–H groups in total. The van der Waals surface area contributed by atoms with Gasteiger partial charge in [-0.25, -0.2) is 0 Å². The van der Waals surface area contributed by atoms with Crippen LogP contribution in [0.3, 0.4) is 0 Å². The number of carbonyl (C=O) groups is 2. The number of hydrogen-bond donors (Lipinski definition) is 2. The number of nitrogens with one attached hydrogen (secondary N) is 2. The maximum atomic E-state index is 12.0. The van der Waals surface area contributed by atoms with Crippen LogP contribution in [0.1, 0.15) is 32.6 Å². The average Bonchev–Trinajstić information content (AvgIpc) is 2.94. The summed E-state index contributed by atoms with van der Waals surface area (Å²) in [6.45, 7) is 2.27. The van der Waals surface area contributed by atoms with Gasteiger partial charge in [0.05, 0.1) is 18.6 Å². The number of rotatable bonds is 4. The van der Waals surface area contributed by atoms with Crippen LogP contribution in [0.4, 0.5) is 0 Å². The van der Waals surface area contributed by atoms with Crippen LogP contribution < -0.4 is 10.6 Å². The zero-order chi connectivity index (χ0) is 13.7. The van der Waals surface area contributed by atoms with Gasteiger partial charge in [-0.3, -0.25) is 14.9 Å². The molecule has 1 saturated heterocycles. The molecular formula is C13H23ClN2O3S. The second-order valence-electron chi connectivity index (χ2n) is 5.08. The predicted octanol–water partition coefficient (Wildman–Crippen LogP) is 1.31. The lowest BCUT2D eigenvalue weighted by atomic mass is 9.86. The summed E-state index contributed by atoms with van der Waals surface area (Å²) in [5, 5.41) is 6.25. The van der Waals surface area contributed by atoms with Gasteiger partial charge in [-0.1, -0.05) is 0 Å². The molecule has 0 aromatic heterocycles. The second-order valence-corrected chi connectivity index (χ2v) is 6.11. The zero-order valence-electron chi connectivity index (χ0n) is 11.7. The summed E-state index contributed by atoms with van der Waals surface area (Å²) >= 11 is 1.75. The lowest BCUT2D eigenvalue weighted by Gasteiger charge is -2.28. The molecule has 1 aliphatic heterocycles. The first-order chi connectivity index (χ1) is 9.20. The standard InChI is InChI=1S/C13H22N2O3S.ClH/c1-2-18-13(17)9-3-5-10(6-4-9)15-12(16)11-7-19-8-14-11;/h9-11,14H,2-8H2,1H3,(H,15,16);1H. The van der Waals surface area contributed by atoms with E-state index in [2.05, 4.69) is 10.6 Å². The van der Waals surface area contributed by atoms with Crippen molar-refractivity contribution in [1.82, 2.24) is 10.6 Å². The first-order valence-corrected chi connectivity index (χ1v) is 8.14. The van der Waals surface area contributed by atoms with Crippen LogP contribution in [-0.4, -0.2) is 42.2 Å². The van der Waals surface area contributed by atoms with Crippen molar-refractivity contribution in [3.63, 3.8) is 0 Å². The molecule has 1 atom stereocenters. The Bertz CT molecular complexity index is 330. The van der Waals surface area contributed by atoms with Gasteiger partial charge in [-0.15, -0.1) is 24.2 Å². The highest BCUT2D eigenvalue weighted by atomic mass is 35.5. The molecule has 7 heteroatoms. The van der Waals surface area contributed by atoms with Gasteiger partial charge in [0.2, 0.25) is 5.91 Å². The normalized spacial score (nSPS) is 29.4. The van der Waals surface area contributed by atoms with Crippen LogP contribution in [-0.2, 0) is 14.3 Å². The largest absolute Gasteiger partial charge is 0.466 e. The van der Waals surface area contributed by atoms with Crippen LogP contribution in [0, 0.1) is 5.92 Å². The monoisotopic (exact) mass is 322 g/mol. The van der Waals surface area contributed by atoms with E-state index in [1.54, 1.807) is 11.8 Å². The van der Waals surface area contributed by atoms with Crippen LogP contribution in [0.15, 0.2) is 0 Å². The molecule has 2 fully saturated rings. The van der Waals surface area contributed by atoms with E-state index in [4.69, 9.17) is 4.74 Å². The van der Waals surface area contributed by atoms with E-state index >= 15 is 0 Å². The molecule has 1 amide bonds. The molecule has 20 heavy (non-hydrogen) atoms. The van der Waals surface area contributed by atoms with Crippen LogP contribution >= 0.6 is 24.2 Å². The van der Waals surface area contributed by atoms with E-state index < -0.39 is 0 Å². The Kier molecular flexibility index (Phi) is 7.69. The van der Waals surface area contributed by atoms with E-state index in [0.717, 1.165) is 37.3 Å². The van der Waals surface area contributed by atoms with Gasteiger partial charge in [0.15, 0.2) is 0 Å². The van der Waals surface area contributed by atoms with Crippen molar-refractivity contribution < 1.29 is 14.3 Å². The van der Waals surface area contributed by atoms with E-state index in [1.807, 2.05) is 6.92 Å². The molecule has 0 aromatic carbocycles. The first kappa shape index (κ1) is 17.6. The lowest BCUT2D eigenvalue weighted by molar-refractivity contribution is -0.149. The minimum absolute atomic E-state index is 0. The van der Waals surface area contributed by atoms with Crippen molar-refractivity contribution in [1.29, 1.82) is 0 Å². The van der Waals surface area contributed by atoms with E-state index in [0.29, 0.717) is 6.61 Å². The van der Waals surface area contributed by atoms with Gasteiger partial charge in [-0.2, -0.15) is 0 Å². The Morgan fingerprint density at radius 2 is 2.00 bits per heavy atom. The van der Waals surface area contributed by atoms with Crippen molar-refractivity contribution in [2.24, 2.45) is 5.92 Å². The smallest absolute Gasteiger partial charge is 0.308 e. The van der Waals surface area contributed by atoms with E-state index in [-0.39, 0.29) is 42.3 Å². The minimum Gasteiger partial charge on any atom is -0.466 e.